The van der Waals surface area contributed by atoms with E-state index in [9.17, 15) is 0 Å². The number of rotatable bonds is 5. The van der Waals surface area contributed by atoms with E-state index < -0.39 is 0 Å². The molecule has 0 atom stereocenters. The van der Waals surface area contributed by atoms with E-state index in [1.807, 2.05) is 18.2 Å². The molecule has 0 N–H and O–H groups in total. The van der Waals surface area contributed by atoms with E-state index in [2.05, 4.69) is 39.3 Å². The molecule has 0 saturated heterocycles. The predicted molar refractivity (Wildman–Crippen MR) is 75.2 cm³/mol. The number of hydrogen-bond acceptors (Lipinski definition) is 3. The first-order valence-electron chi connectivity index (χ1n) is 5.58. The van der Waals surface area contributed by atoms with Gasteiger partial charge in [-0.25, -0.2) is 4.98 Å². The van der Waals surface area contributed by atoms with Gasteiger partial charge in [0.2, 0.25) is 0 Å². The quantitative estimate of drug-likeness (QED) is 0.758. The Kier molecular flexibility index (Phi) is 4.71. The van der Waals surface area contributed by atoms with Crippen molar-refractivity contribution in [1.29, 1.82) is 0 Å². The molecule has 90 valence electrons. The summed E-state index contributed by atoms with van der Waals surface area (Å²) in [5.74, 6) is 0. The smallest absolute Gasteiger partial charge is 0.119 e. The summed E-state index contributed by atoms with van der Waals surface area (Å²) in [6, 6.07) is 8.12. The van der Waals surface area contributed by atoms with Crippen LogP contribution in [0.15, 0.2) is 34.1 Å². The fraction of sp³-hybridized carbons (Fsp3) is 0.308. The van der Waals surface area contributed by atoms with Crippen molar-refractivity contribution in [2.24, 2.45) is 0 Å². The molecule has 0 aliphatic heterocycles. The fourth-order valence-corrected chi connectivity index (χ4v) is 2.69. The molecule has 0 bridgehead atoms. The Morgan fingerprint density at radius 1 is 1.35 bits per heavy atom. The minimum absolute atomic E-state index is 0.614. The van der Waals surface area contributed by atoms with Crippen molar-refractivity contribution in [2.45, 2.75) is 20.0 Å². The molecule has 0 unspecified atom stereocenters. The molecule has 1 aromatic heterocycles. The highest BCUT2D eigenvalue weighted by atomic mass is 79.9. The van der Waals surface area contributed by atoms with Crippen LogP contribution in [0.2, 0.25) is 0 Å². The number of hydrogen-bond donors (Lipinski definition) is 0. The van der Waals surface area contributed by atoms with Crippen LogP contribution in [-0.2, 0) is 11.3 Å². The Balaban J connectivity index is 2.10. The monoisotopic (exact) mass is 311 g/mol. The second-order valence-electron chi connectivity index (χ2n) is 3.66. The highest BCUT2D eigenvalue weighted by Gasteiger charge is 2.07. The number of aromatic nitrogens is 1. The average Bonchev–Trinajstić information content (AvgIpc) is 2.79. The summed E-state index contributed by atoms with van der Waals surface area (Å²) in [5.41, 5.74) is 2.14. The second-order valence-corrected chi connectivity index (χ2v) is 5.46. The second kappa shape index (κ2) is 6.28. The van der Waals surface area contributed by atoms with Gasteiger partial charge in [0.15, 0.2) is 0 Å². The van der Waals surface area contributed by atoms with Gasteiger partial charge in [-0.15, -0.1) is 11.3 Å². The molecule has 4 heteroatoms. The molecule has 2 nitrogen and oxygen atoms in total. The SMILES string of the molecule is CCCOCc1nc(-c2ccccc2Br)cs1. The van der Waals surface area contributed by atoms with Crippen molar-refractivity contribution < 1.29 is 4.74 Å². The Hall–Kier alpha value is -0.710. The van der Waals surface area contributed by atoms with Gasteiger partial charge in [-0.3, -0.25) is 0 Å². The van der Waals surface area contributed by atoms with Crippen LogP contribution in [0.4, 0.5) is 0 Å². The third kappa shape index (κ3) is 3.37. The van der Waals surface area contributed by atoms with Gasteiger partial charge in [0.25, 0.3) is 0 Å². The number of nitrogens with zero attached hydrogens (tertiary/aromatic N) is 1. The topological polar surface area (TPSA) is 22.1 Å². The van der Waals surface area contributed by atoms with E-state index in [1.165, 1.54) is 0 Å². The highest BCUT2D eigenvalue weighted by molar-refractivity contribution is 9.10. The van der Waals surface area contributed by atoms with Crippen LogP contribution in [0.3, 0.4) is 0 Å². The van der Waals surface area contributed by atoms with Gasteiger partial charge < -0.3 is 4.74 Å². The lowest BCUT2D eigenvalue weighted by atomic mass is 10.2. The summed E-state index contributed by atoms with van der Waals surface area (Å²) in [4.78, 5) is 4.58. The molecule has 0 spiro atoms. The lowest BCUT2D eigenvalue weighted by Crippen LogP contribution is -1.93. The molecule has 0 amide bonds. The van der Waals surface area contributed by atoms with Crippen molar-refractivity contribution in [3.63, 3.8) is 0 Å². The number of thiazole rings is 1. The van der Waals surface area contributed by atoms with Crippen LogP contribution in [-0.4, -0.2) is 11.6 Å². The van der Waals surface area contributed by atoms with Gasteiger partial charge in [-0.05, 0) is 12.5 Å². The maximum atomic E-state index is 5.48. The minimum atomic E-state index is 0.614. The molecule has 17 heavy (non-hydrogen) atoms. The van der Waals surface area contributed by atoms with Gasteiger partial charge >= 0.3 is 0 Å². The lowest BCUT2D eigenvalue weighted by Gasteiger charge is -2.00. The third-order valence-electron chi connectivity index (χ3n) is 2.28. The van der Waals surface area contributed by atoms with Crippen molar-refractivity contribution in [1.82, 2.24) is 4.98 Å². The summed E-state index contributed by atoms with van der Waals surface area (Å²) in [5, 5.41) is 3.11. The zero-order valence-corrected chi connectivity index (χ0v) is 12.1. The Labute approximate surface area is 114 Å². The zero-order valence-electron chi connectivity index (χ0n) is 9.65. The first-order valence-corrected chi connectivity index (χ1v) is 7.25. The van der Waals surface area contributed by atoms with Gasteiger partial charge in [0.1, 0.15) is 5.01 Å². The molecule has 1 heterocycles. The molecule has 0 aliphatic rings. The molecule has 0 radical (unpaired) electrons. The van der Waals surface area contributed by atoms with Crippen LogP contribution in [0.1, 0.15) is 18.4 Å². The van der Waals surface area contributed by atoms with E-state index in [4.69, 9.17) is 4.74 Å². The summed E-state index contributed by atoms with van der Waals surface area (Å²) in [6.45, 7) is 3.52. The zero-order chi connectivity index (χ0) is 12.1. The van der Waals surface area contributed by atoms with Gasteiger partial charge in [-0.1, -0.05) is 41.1 Å². The summed E-state index contributed by atoms with van der Waals surface area (Å²) < 4.78 is 6.56. The molecule has 0 fully saturated rings. The Morgan fingerprint density at radius 2 is 2.18 bits per heavy atom. The Morgan fingerprint density at radius 3 is 2.94 bits per heavy atom. The number of benzene rings is 1. The van der Waals surface area contributed by atoms with Gasteiger partial charge in [0.05, 0.1) is 12.3 Å². The van der Waals surface area contributed by atoms with Crippen LogP contribution < -0.4 is 0 Å². The van der Waals surface area contributed by atoms with Crippen molar-refractivity contribution in [3.05, 3.63) is 39.1 Å². The number of halogens is 1. The van der Waals surface area contributed by atoms with E-state index in [0.29, 0.717) is 6.61 Å². The average molecular weight is 312 g/mol. The highest BCUT2D eigenvalue weighted by Crippen LogP contribution is 2.28. The van der Waals surface area contributed by atoms with Crippen molar-refractivity contribution >= 4 is 27.3 Å². The normalized spacial score (nSPS) is 10.7. The standard InChI is InChI=1S/C13H14BrNOS/c1-2-7-16-8-13-15-12(9-17-13)10-5-3-4-6-11(10)14/h3-6,9H,2,7-8H2,1H3. The summed E-state index contributed by atoms with van der Waals surface area (Å²) in [7, 11) is 0. The third-order valence-corrected chi connectivity index (χ3v) is 3.79. The fourth-order valence-electron chi connectivity index (χ4n) is 1.47. The van der Waals surface area contributed by atoms with Crippen LogP contribution in [0.25, 0.3) is 11.3 Å². The molecule has 0 saturated carbocycles. The number of ether oxygens (including phenoxy) is 1. The summed E-state index contributed by atoms with van der Waals surface area (Å²) >= 11 is 5.19. The molecular weight excluding hydrogens is 298 g/mol. The van der Waals surface area contributed by atoms with Crippen molar-refractivity contribution in [2.75, 3.05) is 6.61 Å². The molecule has 2 aromatic rings. The molecule has 2 rings (SSSR count). The van der Waals surface area contributed by atoms with Gasteiger partial charge in [-0.2, -0.15) is 0 Å². The van der Waals surface area contributed by atoms with E-state index >= 15 is 0 Å². The molecular formula is C13H14BrNOS. The van der Waals surface area contributed by atoms with E-state index in [0.717, 1.165) is 33.8 Å². The first-order chi connectivity index (χ1) is 8.31. The maximum Gasteiger partial charge on any atom is 0.119 e. The predicted octanol–water partition coefficient (Wildman–Crippen LogP) is 4.50. The van der Waals surface area contributed by atoms with Crippen LogP contribution >= 0.6 is 27.3 Å². The summed E-state index contributed by atoms with van der Waals surface area (Å²) in [6.07, 6.45) is 1.04. The molecule has 1 aromatic carbocycles. The molecule has 0 aliphatic carbocycles. The maximum absolute atomic E-state index is 5.48. The van der Waals surface area contributed by atoms with Crippen LogP contribution in [0.5, 0.6) is 0 Å². The van der Waals surface area contributed by atoms with E-state index in [1.54, 1.807) is 11.3 Å². The van der Waals surface area contributed by atoms with Crippen molar-refractivity contribution in [3.8, 4) is 11.3 Å². The minimum Gasteiger partial charge on any atom is -0.374 e. The Bertz CT molecular complexity index is 484. The van der Waals surface area contributed by atoms with E-state index in [-0.39, 0.29) is 0 Å². The largest absolute Gasteiger partial charge is 0.374 e. The van der Waals surface area contributed by atoms with Gasteiger partial charge in [0, 0.05) is 22.0 Å². The lowest BCUT2D eigenvalue weighted by molar-refractivity contribution is 0.121. The van der Waals surface area contributed by atoms with Crippen LogP contribution in [0, 0.1) is 0 Å². The first kappa shape index (κ1) is 12.7.